The van der Waals surface area contributed by atoms with Crippen LogP contribution in [0, 0.1) is 0 Å². The van der Waals surface area contributed by atoms with Gasteiger partial charge in [0.15, 0.2) is 0 Å². The van der Waals surface area contributed by atoms with Crippen molar-refractivity contribution in [3.05, 3.63) is 59.7 Å². The van der Waals surface area contributed by atoms with Crippen LogP contribution >= 0.6 is 12.2 Å². The minimum Gasteiger partial charge on any atom is -0.267 e. The highest BCUT2D eigenvalue weighted by atomic mass is 32.1. The molecule has 120 valence electrons. The molecule has 5 heteroatoms. The second-order valence-corrected chi connectivity index (χ2v) is 6.82. The Morgan fingerprint density at radius 3 is 2.39 bits per heavy atom. The first kappa shape index (κ1) is 17.1. The third-order valence-corrected chi connectivity index (χ3v) is 3.59. The zero-order valence-electron chi connectivity index (χ0n) is 13.5. The molecule has 1 aromatic rings. The molecular formula is C18H20N2O2S. The van der Waals surface area contributed by atoms with E-state index >= 15 is 0 Å². The van der Waals surface area contributed by atoms with Gasteiger partial charge in [0, 0.05) is 22.4 Å². The fourth-order valence-corrected chi connectivity index (χ4v) is 2.35. The van der Waals surface area contributed by atoms with E-state index in [0.717, 1.165) is 0 Å². The van der Waals surface area contributed by atoms with Crippen LogP contribution in [0.5, 0.6) is 0 Å². The molecule has 4 nitrogen and oxygen atoms in total. The highest BCUT2D eigenvalue weighted by molar-refractivity contribution is 7.80. The standard InChI is InChI=1S/C18H20N2O2S/c1-18(2,3)20(17(22)13-8-5-4-6-9-13)19-16(21)14-10-7-11-15(23)12-14/h4-10,12H,11H2,1-3H3,(H,19,21). The highest BCUT2D eigenvalue weighted by Crippen LogP contribution is 2.16. The van der Waals surface area contributed by atoms with Gasteiger partial charge in [-0.3, -0.25) is 15.0 Å². The fraction of sp³-hybridized carbons (Fsp3) is 0.278. The lowest BCUT2D eigenvalue weighted by atomic mass is 10.1. The van der Waals surface area contributed by atoms with E-state index in [4.69, 9.17) is 12.2 Å². The van der Waals surface area contributed by atoms with Gasteiger partial charge in [0.2, 0.25) is 0 Å². The van der Waals surface area contributed by atoms with E-state index in [1.165, 1.54) is 5.01 Å². The molecule has 0 saturated carbocycles. The van der Waals surface area contributed by atoms with Crippen LogP contribution in [0.25, 0.3) is 0 Å². The van der Waals surface area contributed by atoms with Crippen LogP contribution in [0.2, 0.25) is 0 Å². The van der Waals surface area contributed by atoms with E-state index < -0.39 is 5.54 Å². The fourth-order valence-electron chi connectivity index (χ4n) is 2.12. The van der Waals surface area contributed by atoms with Crippen LogP contribution < -0.4 is 5.43 Å². The molecule has 0 heterocycles. The maximum atomic E-state index is 12.7. The number of hydrazine groups is 1. The van der Waals surface area contributed by atoms with Gasteiger partial charge in [0.1, 0.15) is 0 Å². The van der Waals surface area contributed by atoms with E-state index in [2.05, 4.69) is 5.43 Å². The number of carbonyl (C=O) groups is 2. The maximum absolute atomic E-state index is 12.7. The van der Waals surface area contributed by atoms with Crippen LogP contribution in [-0.2, 0) is 4.79 Å². The van der Waals surface area contributed by atoms with E-state index in [1.54, 1.807) is 36.4 Å². The molecule has 1 aromatic carbocycles. The molecule has 0 fully saturated rings. The monoisotopic (exact) mass is 328 g/mol. The second-order valence-electron chi connectivity index (χ2n) is 6.29. The first-order valence-electron chi connectivity index (χ1n) is 7.41. The van der Waals surface area contributed by atoms with Gasteiger partial charge in [0.05, 0.1) is 5.54 Å². The predicted molar refractivity (Wildman–Crippen MR) is 94.9 cm³/mol. The van der Waals surface area contributed by atoms with E-state index in [-0.39, 0.29) is 11.8 Å². The predicted octanol–water partition coefficient (Wildman–Crippen LogP) is 3.21. The molecular weight excluding hydrogens is 308 g/mol. The molecule has 2 rings (SSSR count). The lowest BCUT2D eigenvalue weighted by Gasteiger charge is -2.35. The number of carbonyl (C=O) groups excluding carboxylic acids is 2. The average molecular weight is 328 g/mol. The van der Waals surface area contributed by atoms with Gasteiger partial charge in [-0.15, -0.1) is 0 Å². The summed E-state index contributed by atoms with van der Waals surface area (Å²) in [5.41, 5.74) is 3.12. The molecule has 0 bridgehead atoms. The van der Waals surface area contributed by atoms with Gasteiger partial charge in [-0.05, 0) is 39.0 Å². The molecule has 0 aliphatic heterocycles. The van der Waals surface area contributed by atoms with Crippen molar-refractivity contribution in [2.45, 2.75) is 32.7 Å². The SMILES string of the molecule is CC(C)(C)N(NC(=O)C1=CC(=S)CC=C1)C(=O)c1ccccc1. The van der Waals surface area contributed by atoms with Gasteiger partial charge in [-0.25, -0.2) is 5.01 Å². The van der Waals surface area contributed by atoms with Gasteiger partial charge in [-0.1, -0.05) is 42.6 Å². The summed E-state index contributed by atoms with van der Waals surface area (Å²) in [6.45, 7) is 5.59. The minimum absolute atomic E-state index is 0.255. The lowest BCUT2D eigenvalue weighted by Crippen LogP contribution is -2.56. The molecule has 0 saturated heterocycles. The number of rotatable bonds is 2. The van der Waals surface area contributed by atoms with Crippen molar-refractivity contribution < 1.29 is 9.59 Å². The highest BCUT2D eigenvalue weighted by Gasteiger charge is 2.29. The Hall–Kier alpha value is -2.27. The summed E-state index contributed by atoms with van der Waals surface area (Å²) in [7, 11) is 0. The van der Waals surface area contributed by atoms with Gasteiger partial charge >= 0.3 is 0 Å². The molecule has 1 aliphatic carbocycles. The maximum Gasteiger partial charge on any atom is 0.272 e. The summed E-state index contributed by atoms with van der Waals surface area (Å²) < 4.78 is 0. The summed E-state index contributed by atoms with van der Waals surface area (Å²) in [4.78, 5) is 25.9. The third-order valence-electron chi connectivity index (χ3n) is 3.30. The van der Waals surface area contributed by atoms with E-state index in [0.29, 0.717) is 22.4 Å². The Balaban J connectivity index is 2.23. The first-order valence-corrected chi connectivity index (χ1v) is 7.81. The number of nitrogens with one attached hydrogen (secondary N) is 1. The van der Waals surface area contributed by atoms with Crippen molar-refractivity contribution in [3.63, 3.8) is 0 Å². The summed E-state index contributed by atoms with van der Waals surface area (Å²) in [5.74, 6) is -0.600. The quantitative estimate of drug-likeness (QED) is 0.670. The minimum atomic E-state index is -0.567. The number of thiocarbonyl (C=S) groups is 1. The van der Waals surface area contributed by atoms with Crippen molar-refractivity contribution in [2.75, 3.05) is 0 Å². The topological polar surface area (TPSA) is 49.4 Å². The summed E-state index contributed by atoms with van der Waals surface area (Å²) >= 11 is 5.13. The number of allylic oxidation sites excluding steroid dienone is 2. The lowest BCUT2D eigenvalue weighted by molar-refractivity contribution is -0.122. The molecule has 2 amide bonds. The first-order chi connectivity index (χ1) is 10.8. The number of hydrogen-bond donors (Lipinski definition) is 1. The number of amides is 2. The zero-order valence-corrected chi connectivity index (χ0v) is 14.3. The van der Waals surface area contributed by atoms with Gasteiger partial charge in [-0.2, -0.15) is 0 Å². The van der Waals surface area contributed by atoms with Gasteiger partial charge in [0.25, 0.3) is 11.8 Å². The van der Waals surface area contributed by atoms with E-state index in [1.807, 2.05) is 32.9 Å². The molecule has 23 heavy (non-hydrogen) atoms. The van der Waals surface area contributed by atoms with Crippen LogP contribution in [0.4, 0.5) is 0 Å². The van der Waals surface area contributed by atoms with Gasteiger partial charge < -0.3 is 0 Å². The van der Waals surface area contributed by atoms with Crippen LogP contribution in [0.3, 0.4) is 0 Å². The molecule has 0 unspecified atom stereocenters. The number of hydrogen-bond acceptors (Lipinski definition) is 3. The summed E-state index contributed by atoms with van der Waals surface area (Å²) in [6.07, 6.45) is 5.90. The van der Waals surface area contributed by atoms with Crippen LogP contribution in [-0.4, -0.2) is 27.2 Å². The molecule has 0 spiro atoms. The van der Waals surface area contributed by atoms with Crippen molar-refractivity contribution in [1.82, 2.24) is 10.4 Å². The molecule has 0 radical (unpaired) electrons. The zero-order chi connectivity index (χ0) is 17.0. The normalized spacial score (nSPS) is 14.2. The Morgan fingerprint density at radius 2 is 1.83 bits per heavy atom. The second kappa shape index (κ2) is 6.87. The van der Waals surface area contributed by atoms with Crippen molar-refractivity contribution in [1.29, 1.82) is 0 Å². The smallest absolute Gasteiger partial charge is 0.267 e. The summed E-state index contributed by atoms with van der Waals surface area (Å²) in [5, 5.41) is 1.36. The molecule has 1 aliphatic rings. The Morgan fingerprint density at radius 1 is 1.17 bits per heavy atom. The van der Waals surface area contributed by atoms with Crippen molar-refractivity contribution in [3.8, 4) is 0 Å². The van der Waals surface area contributed by atoms with Crippen LogP contribution in [0.1, 0.15) is 37.6 Å². The largest absolute Gasteiger partial charge is 0.272 e. The van der Waals surface area contributed by atoms with Crippen LogP contribution in [0.15, 0.2) is 54.1 Å². The number of benzene rings is 1. The number of nitrogens with zero attached hydrogens (tertiary/aromatic N) is 1. The molecule has 0 atom stereocenters. The van der Waals surface area contributed by atoms with Crippen molar-refractivity contribution >= 4 is 28.9 Å². The summed E-state index contributed by atoms with van der Waals surface area (Å²) in [6, 6.07) is 8.88. The van der Waals surface area contributed by atoms with Crippen molar-refractivity contribution in [2.24, 2.45) is 0 Å². The Bertz CT molecular complexity index is 685. The third kappa shape index (κ3) is 4.36. The van der Waals surface area contributed by atoms with E-state index in [9.17, 15) is 9.59 Å². The molecule has 0 aromatic heterocycles. The Kier molecular flexibility index (Phi) is 5.11. The Labute approximate surface area is 141 Å². The molecule has 1 N–H and O–H groups in total. The average Bonchev–Trinajstić information content (AvgIpc) is 2.51.